The van der Waals surface area contributed by atoms with Gasteiger partial charge in [-0.1, -0.05) is 25.1 Å². The van der Waals surface area contributed by atoms with Gasteiger partial charge in [0, 0.05) is 23.4 Å². The Balaban J connectivity index is 1.76. The summed E-state index contributed by atoms with van der Waals surface area (Å²) in [5.74, 6) is 1.06. The Morgan fingerprint density at radius 2 is 2.25 bits per heavy atom. The molecule has 0 spiro atoms. The first kappa shape index (κ1) is 13.7. The molecule has 2 atom stereocenters. The first-order valence-electron chi connectivity index (χ1n) is 7.33. The summed E-state index contributed by atoms with van der Waals surface area (Å²) in [6, 6.07) is 11.7. The lowest BCUT2D eigenvalue weighted by Gasteiger charge is -2.22. The standard InChI is InChI=1S/C17H21NOS/c1-3-15(18-12(2)17-5-4-10-20-17)13-6-7-16-14(11-13)8-9-19-16/h4-7,10-12,15,18H,3,8-9H2,1-2H3/t12-,15?/m0/s1. The first-order chi connectivity index (χ1) is 9.78. The molecule has 0 radical (unpaired) electrons. The van der Waals surface area contributed by atoms with Gasteiger partial charge in [-0.2, -0.15) is 0 Å². The molecule has 106 valence electrons. The van der Waals surface area contributed by atoms with Gasteiger partial charge in [0.25, 0.3) is 0 Å². The summed E-state index contributed by atoms with van der Waals surface area (Å²) in [6.45, 7) is 5.31. The van der Waals surface area contributed by atoms with E-state index in [-0.39, 0.29) is 0 Å². The third kappa shape index (κ3) is 2.74. The van der Waals surface area contributed by atoms with Gasteiger partial charge in [0.15, 0.2) is 0 Å². The molecule has 3 rings (SSSR count). The number of fused-ring (bicyclic) bond motifs is 1. The van der Waals surface area contributed by atoms with Crippen LogP contribution in [-0.4, -0.2) is 6.61 Å². The molecule has 1 unspecified atom stereocenters. The van der Waals surface area contributed by atoms with Crippen molar-refractivity contribution in [3.8, 4) is 5.75 Å². The lowest BCUT2D eigenvalue weighted by molar-refractivity contribution is 0.356. The van der Waals surface area contributed by atoms with E-state index < -0.39 is 0 Å². The van der Waals surface area contributed by atoms with E-state index in [9.17, 15) is 0 Å². The summed E-state index contributed by atoms with van der Waals surface area (Å²) < 4.78 is 5.59. The highest BCUT2D eigenvalue weighted by atomic mass is 32.1. The Morgan fingerprint density at radius 3 is 3.00 bits per heavy atom. The molecule has 1 N–H and O–H groups in total. The number of hydrogen-bond donors (Lipinski definition) is 1. The molecule has 0 saturated carbocycles. The van der Waals surface area contributed by atoms with E-state index in [1.54, 1.807) is 0 Å². The lowest BCUT2D eigenvalue weighted by Crippen LogP contribution is -2.23. The number of hydrogen-bond acceptors (Lipinski definition) is 3. The number of benzene rings is 1. The van der Waals surface area contributed by atoms with Gasteiger partial charge in [-0.05, 0) is 42.0 Å². The van der Waals surface area contributed by atoms with Crippen LogP contribution in [0.1, 0.15) is 48.4 Å². The summed E-state index contributed by atoms with van der Waals surface area (Å²) in [6.07, 6.45) is 2.13. The normalized spacial score (nSPS) is 16.5. The molecule has 1 aliphatic heterocycles. The zero-order chi connectivity index (χ0) is 13.9. The maximum Gasteiger partial charge on any atom is 0.122 e. The van der Waals surface area contributed by atoms with Gasteiger partial charge in [-0.25, -0.2) is 0 Å². The minimum Gasteiger partial charge on any atom is -0.493 e. The smallest absolute Gasteiger partial charge is 0.122 e. The average molecular weight is 287 g/mol. The van der Waals surface area contributed by atoms with E-state index in [1.807, 2.05) is 11.3 Å². The van der Waals surface area contributed by atoms with Crippen LogP contribution in [-0.2, 0) is 6.42 Å². The molecule has 1 aliphatic rings. The van der Waals surface area contributed by atoms with Crippen LogP contribution in [0.15, 0.2) is 35.7 Å². The Labute approximate surface area is 124 Å². The highest BCUT2D eigenvalue weighted by Crippen LogP contribution is 2.30. The van der Waals surface area contributed by atoms with Crippen LogP contribution < -0.4 is 10.1 Å². The average Bonchev–Trinajstić information content (AvgIpc) is 3.14. The molecule has 2 nitrogen and oxygen atoms in total. The highest BCUT2D eigenvalue weighted by molar-refractivity contribution is 7.10. The minimum absolute atomic E-state index is 0.393. The van der Waals surface area contributed by atoms with Gasteiger partial charge in [-0.15, -0.1) is 11.3 Å². The van der Waals surface area contributed by atoms with Gasteiger partial charge >= 0.3 is 0 Å². The molecule has 2 aromatic rings. The van der Waals surface area contributed by atoms with Gasteiger partial charge in [0.1, 0.15) is 5.75 Å². The summed E-state index contributed by atoms with van der Waals surface area (Å²) in [5.41, 5.74) is 2.73. The van der Waals surface area contributed by atoms with Gasteiger partial charge < -0.3 is 10.1 Å². The molecule has 3 heteroatoms. The van der Waals surface area contributed by atoms with Crippen molar-refractivity contribution in [2.45, 2.75) is 38.8 Å². The molecule has 0 bridgehead atoms. The van der Waals surface area contributed by atoms with Crippen molar-refractivity contribution in [1.29, 1.82) is 0 Å². The second-order valence-electron chi connectivity index (χ2n) is 5.33. The Hall–Kier alpha value is -1.32. The quantitative estimate of drug-likeness (QED) is 0.875. The van der Waals surface area contributed by atoms with Crippen LogP contribution in [0.4, 0.5) is 0 Å². The van der Waals surface area contributed by atoms with Crippen molar-refractivity contribution < 1.29 is 4.74 Å². The zero-order valence-corrected chi connectivity index (χ0v) is 12.9. The lowest BCUT2D eigenvalue weighted by atomic mass is 10.00. The van der Waals surface area contributed by atoms with Crippen molar-refractivity contribution in [3.63, 3.8) is 0 Å². The van der Waals surface area contributed by atoms with E-state index >= 15 is 0 Å². The third-order valence-electron chi connectivity index (χ3n) is 3.95. The zero-order valence-electron chi connectivity index (χ0n) is 12.1. The number of nitrogens with one attached hydrogen (secondary N) is 1. The second kappa shape index (κ2) is 5.98. The van der Waals surface area contributed by atoms with Gasteiger partial charge in [0.2, 0.25) is 0 Å². The second-order valence-corrected chi connectivity index (χ2v) is 6.31. The molecule has 0 fully saturated rings. The Bertz CT molecular complexity index is 564. The minimum atomic E-state index is 0.393. The predicted molar refractivity (Wildman–Crippen MR) is 84.5 cm³/mol. The van der Waals surface area contributed by atoms with Crippen LogP contribution in [0.2, 0.25) is 0 Å². The molecule has 0 saturated heterocycles. The molecule has 1 aromatic carbocycles. The van der Waals surface area contributed by atoms with Crippen LogP contribution in [0.3, 0.4) is 0 Å². The van der Waals surface area contributed by atoms with E-state index in [2.05, 4.69) is 54.9 Å². The van der Waals surface area contributed by atoms with Crippen molar-refractivity contribution in [3.05, 3.63) is 51.7 Å². The van der Waals surface area contributed by atoms with Crippen molar-refractivity contribution >= 4 is 11.3 Å². The van der Waals surface area contributed by atoms with Gasteiger partial charge in [0.05, 0.1) is 6.61 Å². The summed E-state index contributed by atoms with van der Waals surface area (Å²) >= 11 is 1.82. The van der Waals surface area contributed by atoms with Crippen molar-refractivity contribution in [2.75, 3.05) is 6.61 Å². The third-order valence-corrected chi connectivity index (χ3v) is 5.00. The molecule has 2 heterocycles. The van der Waals surface area contributed by atoms with Crippen LogP contribution in [0, 0.1) is 0 Å². The summed E-state index contributed by atoms with van der Waals surface area (Å²) in [7, 11) is 0. The molecule has 20 heavy (non-hydrogen) atoms. The SMILES string of the molecule is CCC(N[C@@H](C)c1cccs1)c1ccc2c(c1)CCO2. The topological polar surface area (TPSA) is 21.3 Å². The summed E-state index contributed by atoms with van der Waals surface area (Å²) in [4.78, 5) is 1.40. The Morgan fingerprint density at radius 1 is 1.35 bits per heavy atom. The molecular weight excluding hydrogens is 266 g/mol. The maximum atomic E-state index is 5.59. The summed E-state index contributed by atoms with van der Waals surface area (Å²) in [5, 5.41) is 5.89. The molecule has 0 aliphatic carbocycles. The fourth-order valence-electron chi connectivity index (χ4n) is 2.79. The highest BCUT2D eigenvalue weighted by Gasteiger charge is 2.18. The first-order valence-corrected chi connectivity index (χ1v) is 8.21. The Kier molecular flexibility index (Phi) is 4.08. The van der Waals surface area contributed by atoms with E-state index in [4.69, 9.17) is 4.74 Å². The van der Waals surface area contributed by atoms with Crippen LogP contribution >= 0.6 is 11.3 Å². The van der Waals surface area contributed by atoms with Gasteiger partial charge in [-0.3, -0.25) is 0 Å². The van der Waals surface area contributed by atoms with Crippen LogP contribution in [0.25, 0.3) is 0 Å². The van der Waals surface area contributed by atoms with E-state index in [0.29, 0.717) is 12.1 Å². The fraction of sp³-hybridized carbons (Fsp3) is 0.412. The van der Waals surface area contributed by atoms with E-state index in [0.717, 1.165) is 25.2 Å². The molecule has 0 amide bonds. The largest absolute Gasteiger partial charge is 0.493 e. The van der Waals surface area contributed by atoms with E-state index in [1.165, 1.54) is 16.0 Å². The van der Waals surface area contributed by atoms with Crippen molar-refractivity contribution in [2.24, 2.45) is 0 Å². The predicted octanol–water partition coefficient (Wildman–Crippen LogP) is 4.48. The van der Waals surface area contributed by atoms with Crippen molar-refractivity contribution in [1.82, 2.24) is 5.32 Å². The fourth-order valence-corrected chi connectivity index (χ4v) is 3.54. The number of thiophene rings is 1. The number of ether oxygens (including phenoxy) is 1. The van der Waals surface area contributed by atoms with Crippen LogP contribution in [0.5, 0.6) is 5.75 Å². The molecular formula is C17H21NOS. The number of rotatable bonds is 5. The maximum absolute atomic E-state index is 5.59. The monoisotopic (exact) mass is 287 g/mol. The molecule has 1 aromatic heterocycles.